The summed E-state index contributed by atoms with van der Waals surface area (Å²) in [6.07, 6.45) is 15.4. The molecule has 7 rings (SSSR count). The number of nitrogens with zero attached hydrogens (tertiary/aromatic N) is 2. The molecule has 4 amide bonds. The number of benzene rings is 1. The molecule has 2 N–H and O–H groups in total. The van der Waals surface area contributed by atoms with Gasteiger partial charge in [0.15, 0.2) is 0 Å². The van der Waals surface area contributed by atoms with Crippen LogP contribution in [0.3, 0.4) is 0 Å². The van der Waals surface area contributed by atoms with Crippen molar-refractivity contribution in [3.63, 3.8) is 0 Å². The summed E-state index contributed by atoms with van der Waals surface area (Å²) >= 11 is 0. The Morgan fingerprint density at radius 2 is 1.59 bits per heavy atom. The van der Waals surface area contributed by atoms with Crippen molar-refractivity contribution < 1.29 is 23.9 Å². The van der Waals surface area contributed by atoms with Crippen LogP contribution in [0.5, 0.6) is 5.75 Å². The summed E-state index contributed by atoms with van der Waals surface area (Å²) < 4.78 is 6.08. The van der Waals surface area contributed by atoms with Gasteiger partial charge in [-0.25, -0.2) is 0 Å². The molecular formula is C35H50N4O5. The van der Waals surface area contributed by atoms with Crippen LogP contribution in [0.2, 0.25) is 0 Å². The summed E-state index contributed by atoms with van der Waals surface area (Å²) in [6, 6.07) is 5.00. The van der Waals surface area contributed by atoms with Gasteiger partial charge in [0.1, 0.15) is 11.8 Å². The minimum atomic E-state index is -0.569. The third-order valence-corrected chi connectivity index (χ3v) is 11.2. The van der Waals surface area contributed by atoms with Crippen LogP contribution < -0.4 is 15.4 Å². The van der Waals surface area contributed by atoms with Crippen LogP contribution >= 0.6 is 0 Å². The molecule has 0 bridgehead atoms. The number of hydrogen-bond donors (Lipinski definition) is 2. The van der Waals surface area contributed by atoms with Crippen LogP contribution in [0.15, 0.2) is 18.2 Å². The van der Waals surface area contributed by atoms with E-state index in [1.807, 2.05) is 12.1 Å². The molecule has 9 heteroatoms. The fourth-order valence-electron chi connectivity index (χ4n) is 8.19. The monoisotopic (exact) mass is 606 g/mol. The van der Waals surface area contributed by atoms with Gasteiger partial charge in [-0.15, -0.1) is 0 Å². The van der Waals surface area contributed by atoms with Gasteiger partial charge in [0.05, 0.1) is 6.10 Å². The second kappa shape index (κ2) is 13.6. The van der Waals surface area contributed by atoms with E-state index in [2.05, 4.69) is 22.5 Å². The first kappa shape index (κ1) is 31.1. The van der Waals surface area contributed by atoms with Crippen LogP contribution in [0.25, 0.3) is 0 Å². The van der Waals surface area contributed by atoms with E-state index in [-0.39, 0.29) is 35.7 Å². The molecule has 0 radical (unpaired) electrons. The lowest BCUT2D eigenvalue weighted by molar-refractivity contribution is -0.147. The molecule has 5 fully saturated rings. The largest absolute Gasteiger partial charge is 0.490 e. The number of rotatable bonds is 5. The zero-order valence-electron chi connectivity index (χ0n) is 26.4. The number of fused-ring (bicyclic) bond motifs is 1. The Kier molecular flexibility index (Phi) is 9.59. The van der Waals surface area contributed by atoms with Gasteiger partial charge < -0.3 is 19.9 Å². The number of likely N-dealkylation sites (tertiary alicyclic amines) is 1. The third-order valence-electron chi connectivity index (χ3n) is 11.2. The first-order valence-corrected chi connectivity index (χ1v) is 17.2. The first-order valence-electron chi connectivity index (χ1n) is 17.2. The number of nitrogens with one attached hydrogen (secondary N) is 2. The van der Waals surface area contributed by atoms with Crippen LogP contribution in [0, 0.1) is 17.3 Å². The van der Waals surface area contributed by atoms with E-state index < -0.39 is 6.04 Å². The van der Waals surface area contributed by atoms with Gasteiger partial charge in [-0.1, -0.05) is 19.8 Å². The molecular weight excluding hydrogens is 556 g/mol. The van der Waals surface area contributed by atoms with Gasteiger partial charge >= 0.3 is 0 Å². The van der Waals surface area contributed by atoms with Gasteiger partial charge in [0.25, 0.3) is 5.91 Å². The predicted molar refractivity (Wildman–Crippen MR) is 167 cm³/mol. The lowest BCUT2D eigenvalue weighted by Crippen LogP contribution is -2.52. The number of hydrogen-bond acceptors (Lipinski definition) is 6. The smallest absolute Gasteiger partial charge is 0.255 e. The van der Waals surface area contributed by atoms with E-state index in [4.69, 9.17) is 4.74 Å². The molecule has 240 valence electrons. The predicted octanol–water partition coefficient (Wildman–Crippen LogP) is 4.57. The van der Waals surface area contributed by atoms with Crippen molar-refractivity contribution in [1.82, 2.24) is 20.4 Å². The number of carbonyl (C=O) groups excluding carboxylic acids is 4. The number of ether oxygens (including phenoxy) is 1. The zero-order valence-corrected chi connectivity index (χ0v) is 26.4. The van der Waals surface area contributed by atoms with Gasteiger partial charge in [-0.2, -0.15) is 0 Å². The second-order valence-corrected chi connectivity index (χ2v) is 14.2. The van der Waals surface area contributed by atoms with Gasteiger partial charge in [0.2, 0.25) is 17.7 Å². The third kappa shape index (κ3) is 6.82. The van der Waals surface area contributed by atoms with Crippen molar-refractivity contribution in [3.8, 4) is 5.75 Å². The van der Waals surface area contributed by atoms with Crippen molar-refractivity contribution >= 4 is 23.6 Å². The van der Waals surface area contributed by atoms with Gasteiger partial charge in [0, 0.05) is 37.0 Å². The SMILES string of the molecule is CC1(C(=O)N2CCC(C3CCNCC3)CC2)CCC1.O=C1CCC(N2Cc3cc(OC4CCCCC4)ccc3C2=O)C(=O)N1. The molecule has 44 heavy (non-hydrogen) atoms. The molecule has 1 aromatic rings. The number of imide groups is 1. The molecule has 9 nitrogen and oxygen atoms in total. The molecule has 2 saturated carbocycles. The Labute approximate surface area is 261 Å². The fraction of sp³-hybridized carbons (Fsp3) is 0.714. The highest BCUT2D eigenvalue weighted by atomic mass is 16.5. The Morgan fingerprint density at radius 3 is 2.25 bits per heavy atom. The highest BCUT2D eigenvalue weighted by molar-refractivity contribution is 6.05. The van der Waals surface area contributed by atoms with Crippen LogP contribution in [-0.2, 0) is 20.9 Å². The highest BCUT2D eigenvalue weighted by Gasteiger charge is 2.43. The fourth-order valence-corrected chi connectivity index (χ4v) is 8.19. The maximum Gasteiger partial charge on any atom is 0.255 e. The van der Waals surface area contributed by atoms with E-state index in [1.165, 1.54) is 64.5 Å². The zero-order chi connectivity index (χ0) is 30.7. The lowest BCUT2D eigenvalue weighted by atomic mass is 9.69. The Bertz CT molecular complexity index is 1230. The molecule has 6 aliphatic rings. The normalized spacial score (nSPS) is 26.3. The molecule has 1 atom stereocenters. The maximum absolute atomic E-state index is 12.6. The Hall–Kier alpha value is -2.94. The van der Waals surface area contributed by atoms with Crippen molar-refractivity contribution in [2.24, 2.45) is 17.3 Å². The summed E-state index contributed by atoms with van der Waals surface area (Å²) in [6.45, 7) is 6.98. The highest BCUT2D eigenvalue weighted by Crippen LogP contribution is 2.43. The van der Waals surface area contributed by atoms with E-state index in [1.54, 1.807) is 11.0 Å². The molecule has 1 aromatic carbocycles. The molecule has 2 aliphatic carbocycles. The van der Waals surface area contributed by atoms with Crippen LogP contribution in [0.1, 0.15) is 113 Å². The number of carbonyl (C=O) groups is 4. The van der Waals surface area contributed by atoms with E-state index in [9.17, 15) is 19.2 Å². The van der Waals surface area contributed by atoms with Crippen molar-refractivity contribution in [2.45, 2.75) is 116 Å². The molecule has 0 aromatic heterocycles. The molecule has 3 saturated heterocycles. The average molecular weight is 607 g/mol. The van der Waals surface area contributed by atoms with Gasteiger partial charge in [-0.05, 0) is 119 Å². The quantitative estimate of drug-likeness (QED) is 0.476. The molecule has 4 aliphatic heterocycles. The minimum Gasteiger partial charge on any atom is -0.490 e. The summed E-state index contributed by atoms with van der Waals surface area (Å²) in [5.74, 6) is 2.24. The standard InChI is InChI=1S/C19H22N2O4.C16H28N2O/c22-17-9-8-16(18(23)20-17)21-11-12-10-14(6-7-15(12)19(21)24)25-13-4-2-1-3-5-13;1-16(7-2-8-16)15(19)18-11-5-14(6-12-18)13-3-9-17-10-4-13/h6-7,10,13,16H,1-5,8-9,11H2,(H,20,22,23);13-14,17H,2-12H2,1H3. The Morgan fingerprint density at radius 1 is 0.886 bits per heavy atom. The second-order valence-electron chi connectivity index (χ2n) is 14.2. The summed E-state index contributed by atoms with van der Waals surface area (Å²) in [4.78, 5) is 52.3. The molecule has 4 heterocycles. The van der Waals surface area contributed by atoms with Gasteiger partial charge in [-0.3, -0.25) is 24.5 Å². The summed E-state index contributed by atoms with van der Waals surface area (Å²) in [5, 5.41) is 5.77. The van der Waals surface area contributed by atoms with Crippen LogP contribution in [0.4, 0.5) is 0 Å². The van der Waals surface area contributed by atoms with Crippen molar-refractivity contribution in [3.05, 3.63) is 29.3 Å². The van der Waals surface area contributed by atoms with Crippen LogP contribution in [-0.4, -0.2) is 71.8 Å². The lowest BCUT2D eigenvalue weighted by Gasteiger charge is -2.44. The maximum atomic E-state index is 12.6. The van der Waals surface area contributed by atoms with Crippen molar-refractivity contribution in [1.29, 1.82) is 0 Å². The first-order chi connectivity index (χ1) is 21.3. The molecule has 1 unspecified atom stereocenters. The molecule has 0 spiro atoms. The number of piperidine rings is 3. The average Bonchev–Trinajstić information content (AvgIpc) is 3.36. The number of amides is 4. The van der Waals surface area contributed by atoms with E-state index in [0.29, 0.717) is 24.4 Å². The topological polar surface area (TPSA) is 108 Å². The van der Waals surface area contributed by atoms with E-state index in [0.717, 1.165) is 61.9 Å². The summed E-state index contributed by atoms with van der Waals surface area (Å²) in [7, 11) is 0. The minimum absolute atomic E-state index is 0.00158. The summed E-state index contributed by atoms with van der Waals surface area (Å²) in [5.41, 5.74) is 1.52. The van der Waals surface area contributed by atoms with Crippen molar-refractivity contribution in [2.75, 3.05) is 26.2 Å². The van der Waals surface area contributed by atoms with E-state index >= 15 is 0 Å². The Balaban J connectivity index is 0.000000162.